The molecule has 0 unspecified atom stereocenters. The van der Waals surface area contributed by atoms with Crippen LogP contribution in [0.25, 0.3) is 10.9 Å². The molecule has 5 nitrogen and oxygen atoms in total. The predicted octanol–water partition coefficient (Wildman–Crippen LogP) is 3.22. The average Bonchev–Trinajstić information content (AvgIpc) is 2.60. The summed E-state index contributed by atoms with van der Waals surface area (Å²) in [5.41, 5.74) is 0.339. The number of hydrogen-bond donors (Lipinski definition) is 2. The van der Waals surface area contributed by atoms with Gasteiger partial charge in [-0.1, -0.05) is 18.2 Å². The lowest BCUT2D eigenvalue weighted by Gasteiger charge is -2.12. The number of fused-ring (bicyclic) bond motifs is 1. The van der Waals surface area contributed by atoms with E-state index in [1.54, 1.807) is 43.4 Å². The molecule has 0 radical (unpaired) electrons. The van der Waals surface area contributed by atoms with Crippen LogP contribution in [0.2, 0.25) is 0 Å². The molecule has 0 atom stereocenters. The Hall–Kier alpha value is -2.73. The Kier molecular flexibility index (Phi) is 4.31. The van der Waals surface area contributed by atoms with Crippen LogP contribution in [0.15, 0.2) is 58.2 Å². The van der Waals surface area contributed by atoms with E-state index >= 15 is 0 Å². The molecule has 0 aliphatic rings. The van der Waals surface area contributed by atoms with Crippen molar-refractivity contribution in [1.82, 2.24) is 4.57 Å². The number of aromatic nitrogens is 1. The Morgan fingerprint density at radius 2 is 1.88 bits per heavy atom. The third-order valence-corrected chi connectivity index (χ3v) is 4.56. The second kappa shape index (κ2) is 6.41. The monoisotopic (exact) mass is 340 g/mol. The number of carbonyl (C=O) groups excluding carboxylic acids is 1. The van der Waals surface area contributed by atoms with Crippen molar-refractivity contribution >= 4 is 34.3 Å². The van der Waals surface area contributed by atoms with Crippen LogP contribution in [-0.2, 0) is 7.05 Å². The van der Waals surface area contributed by atoms with Crippen molar-refractivity contribution in [3.8, 4) is 5.75 Å². The van der Waals surface area contributed by atoms with Crippen LogP contribution in [0.1, 0.15) is 10.4 Å². The molecule has 1 heterocycles. The molecule has 0 saturated heterocycles. The molecule has 0 bridgehead atoms. The van der Waals surface area contributed by atoms with E-state index in [9.17, 15) is 14.7 Å². The van der Waals surface area contributed by atoms with E-state index in [0.717, 1.165) is 4.90 Å². The summed E-state index contributed by atoms with van der Waals surface area (Å²) >= 11 is 1.52. The van der Waals surface area contributed by atoms with E-state index in [4.69, 9.17) is 0 Å². The molecule has 3 aromatic rings. The van der Waals surface area contributed by atoms with E-state index in [2.05, 4.69) is 5.32 Å². The summed E-state index contributed by atoms with van der Waals surface area (Å²) in [6.45, 7) is 0. The highest BCUT2D eigenvalue weighted by Gasteiger charge is 2.21. The number of rotatable bonds is 3. The first-order chi connectivity index (χ1) is 11.5. The van der Waals surface area contributed by atoms with Gasteiger partial charge in [0, 0.05) is 23.0 Å². The Labute approximate surface area is 142 Å². The van der Waals surface area contributed by atoms with E-state index in [1.165, 1.54) is 16.3 Å². The molecule has 0 aliphatic heterocycles. The molecule has 0 fully saturated rings. The maximum Gasteiger partial charge on any atom is 0.267 e. The van der Waals surface area contributed by atoms with Gasteiger partial charge in [0.2, 0.25) is 0 Å². The lowest BCUT2D eigenvalue weighted by atomic mass is 10.1. The van der Waals surface area contributed by atoms with Gasteiger partial charge in [-0.2, -0.15) is 0 Å². The Morgan fingerprint density at radius 1 is 1.17 bits per heavy atom. The zero-order chi connectivity index (χ0) is 17.3. The van der Waals surface area contributed by atoms with Crippen LogP contribution in [-0.4, -0.2) is 21.8 Å². The number of carbonyl (C=O) groups is 1. The van der Waals surface area contributed by atoms with Crippen LogP contribution in [0.3, 0.4) is 0 Å². The maximum atomic E-state index is 12.5. The van der Waals surface area contributed by atoms with E-state index in [1.807, 2.05) is 18.4 Å². The largest absolute Gasteiger partial charge is 0.506 e. The number of anilines is 1. The number of pyridine rings is 1. The van der Waals surface area contributed by atoms with Gasteiger partial charge in [-0.15, -0.1) is 11.8 Å². The number of amides is 1. The first-order valence-electron chi connectivity index (χ1n) is 7.29. The lowest BCUT2D eigenvalue weighted by Crippen LogP contribution is -2.28. The van der Waals surface area contributed by atoms with Gasteiger partial charge in [0.25, 0.3) is 11.5 Å². The average molecular weight is 340 g/mol. The molecule has 6 heteroatoms. The molecule has 1 aromatic heterocycles. The topological polar surface area (TPSA) is 71.3 Å². The quantitative estimate of drug-likeness (QED) is 0.718. The maximum absolute atomic E-state index is 12.5. The van der Waals surface area contributed by atoms with Gasteiger partial charge in [-0.3, -0.25) is 9.59 Å². The molecule has 0 spiro atoms. The predicted molar refractivity (Wildman–Crippen MR) is 97.0 cm³/mol. The number of benzene rings is 2. The fourth-order valence-electron chi connectivity index (χ4n) is 2.56. The van der Waals surface area contributed by atoms with Crippen molar-refractivity contribution in [3.05, 3.63) is 64.4 Å². The fourth-order valence-corrected chi connectivity index (χ4v) is 3.00. The van der Waals surface area contributed by atoms with Gasteiger partial charge in [-0.05, 0) is 36.6 Å². The number of thioether (sulfide) groups is 1. The second-order valence-electron chi connectivity index (χ2n) is 5.29. The summed E-state index contributed by atoms with van der Waals surface area (Å²) in [6.07, 6.45) is 1.92. The van der Waals surface area contributed by atoms with Crippen molar-refractivity contribution in [1.29, 1.82) is 0 Å². The standard InChI is InChI=1S/C18H16N2O3S/c1-20-14-9-8-12(24-2)10-13(14)16(21)15(18(20)23)17(22)19-11-6-4-3-5-7-11/h3-10,21H,1-2H3,(H,19,22). The summed E-state index contributed by atoms with van der Waals surface area (Å²) in [5.74, 6) is -0.923. The molecule has 3 rings (SSSR count). The highest BCUT2D eigenvalue weighted by molar-refractivity contribution is 7.98. The molecule has 2 aromatic carbocycles. The lowest BCUT2D eigenvalue weighted by molar-refractivity contribution is 0.102. The number of nitrogens with one attached hydrogen (secondary N) is 1. The van der Waals surface area contributed by atoms with E-state index in [0.29, 0.717) is 16.6 Å². The van der Waals surface area contributed by atoms with Crippen LogP contribution in [0, 0.1) is 0 Å². The highest BCUT2D eigenvalue weighted by atomic mass is 32.2. The SMILES string of the molecule is CSc1ccc2c(c1)c(O)c(C(=O)Nc1ccccc1)c(=O)n2C. The molecular weight excluding hydrogens is 324 g/mol. The fraction of sp³-hybridized carbons (Fsp3) is 0.111. The van der Waals surface area contributed by atoms with Crippen LogP contribution in [0.5, 0.6) is 5.75 Å². The van der Waals surface area contributed by atoms with Crippen molar-refractivity contribution in [3.63, 3.8) is 0 Å². The van der Waals surface area contributed by atoms with Crippen molar-refractivity contribution in [2.24, 2.45) is 7.05 Å². The van der Waals surface area contributed by atoms with Crippen molar-refractivity contribution < 1.29 is 9.90 Å². The van der Waals surface area contributed by atoms with Crippen LogP contribution in [0.4, 0.5) is 5.69 Å². The molecule has 122 valence electrons. The van der Waals surface area contributed by atoms with Crippen molar-refractivity contribution in [2.45, 2.75) is 4.90 Å². The van der Waals surface area contributed by atoms with Crippen LogP contribution >= 0.6 is 11.8 Å². The van der Waals surface area contributed by atoms with Crippen molar-refractivity contribution in [2.75, 3.05) is 11.6 Å². The number of aryl methyl sites for hydroxylation is 1. The molecule has 0 aliphatic carbocycles. The first-order valence-corrected chi connectivity index (χ1v) is 8.51. The van der Waals surface area contributed by atoms with Gasteiger partial charge in [0.05, 0.1) is 5.52 Å². The minimum Gasteiger partial charge on any atom is -0.506 e. The summed E-state index contributed by atoms with van der Waals surface area (Å²) < 4.78 is 1.37. The first kappa shape index (κ1) is 16.1. The van der Waals surface area contributed by atoms with Gasteiger partial charge in [0.1, 0.15) is 11.3 Å². The molecule has 24 heavy (non-hydrogen) atoms. The van der Waals surface area contributed by atoms with Gasteiger partial charge in [-0.25, -0.2) is 0 Å². The number of para-hydroxylation sites is 1. The third kappa shape index (κ3) is 2.76. The Morgan fingerprint density at radius 3 is 2.54 bits per heavy atom. The smallest absolute Gasteiger partial charge is 0.267 e. The molecule has 1 amide bonds. The van der Waals surface area contributed by atoms with Gasteiger partial charge >= 0.3 is 0 Å². The number of nitrogens with zero attached hydrogens (tertiary/aromatic N) is 1. The number of aromatic hydroxyl groups is 1. The summed E-state index contributed by atoms with van der Waals surface area (Å²) in [5, 5.41) is 13.7. The molecular formula is C18H16N2O3S. The van der Waals surface area contributed by atoms with Crippen LogP contribution < -0.4 is 10.9 Å². The third-order valence-electron chi connectivity index (χ3n) is 3.83. The summed E-state index contributed by atoms with van der Waals surface area (Å²) in [4.78, 5) is 26.0. The summed E-state index contributed by atoms with van der Waals surface area (Å²) in [7, 11) is 1.59. The van der Waals surface area contributed by atoms with Gasteiger partial charge < -0.3 is 15.0 Å². The minimum atomic E-state index is -0.629. The minimum absolute atomic E-state index is 0.257. The van der Waals surface area contributed by atoms with E-state index < -0.39 is 11.5 Å². The normalized spacial score (nSPS) is 10.8. The zero-order valence-corrected chi connectivity index (χ0v) is 14.1. The summed E-state index contributed by atoms with van der Waals surface area (Å²) in [6, 6.07) is 14.2. The second-order valence-corrected chi connectivity index (χ2v) is 6.17. The highest BCUT2D eigenvalue weighted by Crippen LogP contribution is 2.30. The Bertz CT molecular complexity index is 981. The van der Waals surface area contributed by atoms with Gasteiger partial charge in [0.15, 0.2) is 0 Å². The van der Waals surface area contributed by atoms with E-state index in [-0.39, 0.29) is 11.3 Å². The Balaban J connectivity index is 2.17. The number of hydrogen-bond acceptors (Lipinski definition) is 4. The molecule has 0 saturated carbocycles. The zero-order valence-electron chi connectivity index (χ0n) is 13.2. The molecule has 2 N–H and O–H groups in total.